The van der Waals surface area contributed by atoms with Crippen LogP contribution in [0.2, 0.25) is 0 Å². The molecule has 2 aromatic heterocycles. The van der Waals surface area contributed by atoms with Gasteiger partial charge in [0, 0.05) is 16.9 Å². The Morgan fingerprint density at radius 1 is 1.18 bits per heavy atom. The summed E-state index contributed by atoms with van der Waals surface area (Å²) in [4.78, 5) is 8.60. The van der Waals surface area contributed by atoms with Crippen LogP contribution in [0.3, 0.4) is 0 Å². The Hall–Kier alpha value is -1.42. The van der Waals surface area contributed by atoms with Crippen molar-refractivity contribution < 1.29 is 0 Å². The average Bonchev–Trinajstić information content (AvgIpc) is 2.31. The van der Waals surface area contributed by atoms with E-state index in [2.05, 4.69) is 38.1 Å². The second kappa shape index (κ2) is 5.27. The molecule has 0 atom stereocenters. The van der Waals surface area contributed by atoms with Crippen molar-refractivity contribution in [1.29, 1.82) is 0 Å². The maximum Gasteiger partial charge on any atom is 0.0606 e. The largest absolute Gasteiger partial charge is 0.378 e. The lowest BCUT2D eigenvalue weighted by atomic mass is 10.2. The van der Waals surface area contributed by atoms with Crippen LogP contribution in [-0.4, -0.2) is 9.97 Å². The van der Waals surface area contributed by atoms with Crippen LogP contribution in [0.25, 0.3) is 0 Å². The van der Waals surface area contributed by atoms with Crippen molar-refractivity contribution in [3.8, 4) is 0 Å². The minimum atomic E-state index is 0.709. The van der Waals surface area contributed by atoms with Crippen LogP contribution < -0.4 is 5.32 Å². The number of halogens is 1. The molecule has 2 rings (SSSR count). The molecule has 0 saturated carbocycles. The molecule has 2 heterocycles. The van der Waals surface area contributed by atoms with E-state index in [1.165, 1.54) is 5.56 Å². The molecule has 0 spiro atoms. The fourth-order valence-electron chi connectivity index (χ4n) is 1.65. The zero-order valence-electron chi connectivity index (χ0n) is 9.87. The number of aromatic nitrogens is 2. The van der Waals surface area contributed by atoms with Gasteiger partial charge in [-0.25, -0.2) is 0 Å². The molecule has 0 aliphatic rings. The van der Waals surface area contributed by atoms with Crippen LogP contribution in [-0.2, 0) is 6.54 Å². The van der Waals surface area contributed by atoms with Gasteiger partial charge in [0.05, 0.1) is 23.6 Å². The predicted octanol–water partition coefficient (Wildman–Crippen LogP) is 3.47. The summed E-state index contributed by atoms with van der Waals surface area (Å²) in [6, 6.07) is 6.00. The lowest BCUT2D eigenvalue weighted by Gasteiger charge is -2.11. The van der Waals surface area contributed by atoms with Crippen molar-refractivity contribution in [1.82, 2.24) is 9.97 Å². The summed E-state index contributed by atoms with van der Waals surface area (Å²) in [5.41, 5.74) is 4.32. The number of nitrogens with one attached hydrogen (secondary N) is 1. The van der Waals surface area contributed by atoms with Gasteiger partial charge in [0.25, 0.3) is 0 Å². The highest BCUT2D eigenvalue weighted by molar-refractivity contribution is 9.10. The van der Waals surface area contributed by atoms with E-state index < -0.39 is 0 Å². The van der Waals surface area contributed by atoms with Crippen molar-refractivity contribution in [3.63, 3.8) is 0 Å². The Morgan fingerprint density at radius 3 is 2.65 bits per heavy atom. The number of nitrogens with zero attached hydrogens (tertiary/aromatic N) is 2. The highest BCUT2D eigenvalue weighted by Gasteiger charge is 2.02. The quantitative estimate of drug-likeness (QED) is 0.941. The van der Waals surface area contributed by atoms with Gasteiger partial charge in [0.1, 0.15) is 0 Å². The van der Waals surface area contributed by atoms with Crippen LogP contribution in [0.15, 0.2) is 35.1 Å². The third-order valence-corrected chi connectivity index (χ3v) is 3.05. The van der Waals surface area contributed by atoms with Gasteiger partial charge >= 0.3 is 0 Å². The average molecular weight is 292 g/mol. The first-order valence-corrected chi connectivity index (χ1v) is 6.22. The zero-order valence-corrected chi connectivity index (χ0v) is 11.5. The fraction of sp³-hybridized carbons (Fsp3) is 0.231. The first-order valence-electron chi connectivity index (χ1n) is 5.43. The Morgan fingerprint density at radius 2 is 2.00 bits per heavy atom. The van der Waals surface area contributed by atoms with Crippen LogP contribution in [0.1, 0.15) is 17.0 Å². The SMILES string of the molecule is Cc1ccnc(C)c1NCc1ccc(Br)cn1. The molecule has 3 nitrogen and oxygen atoms in total. The molecular formula is C13H14BrN3. The molecule has 0 radical (unpaired) electrons. The number of rotatable bonds is 3. The first kappa shape index (κ1) is 12.0. The molecule has 0 bridgehead atoms. The van der Waals surface area contributed by atoms with Crippen molar-refractivity contribution in [2.45, 2.75) is 20.4 Å². The molecule has 0 saturated heterocycles. The predicted molar refractivity (Wildman–Crippen MR) is 73.0 cm³/mol. The Kier molecular flexibility index (Phi) is 3.74. The molecule has 0 fully saturated rings. The molecule has 17 heavy (non-hydrogen) atoms. The van der Waals surface area contributed by atoms with E-state index in [9.17, 15) is 0 Å². The Balaban J connectivity index is 2.10. The molecule has 0 aliphatic carbocycles. The molecule has 0 amide bonds. The summed E-state index contributed by atoms with van der Waals surface area (Å²) in [7, 11) is 0. The molecule has 88 valence electrons. The Bertz CT molecular complexity index is 488. The maximum absolute atomic E-state index is 4.32. The summed E-state index contributed by atoms with van der Waals surface area (Å²) in [6.07, 6.45) is 3.63. The van der Waals surface area contributed by atoms with E-state index in [-0.39, 0.29) is 0 Å². The van der Waals surface area contributed by atoms with Crippen LogP contribution in [0, 0.1) is 13.8 Å². The first-order chi connectivity index (χ1) is 8.16. The summed E-state index contributed by atoms with van der Waals surface area (Å²) < 4.78 is 0.995. The molecule has 0 aromatic carbocycles. The van der Waals surface area contributed by atoms with Gasteiger partial charge < -0.3 is 5.32 Å². The molecule has 1 N–H and O–H groups in total. The standard InChI is InChI=1S/C13H14BrN3/c1-9-5-6-15-10(2)13(9)17-8-12-4-3-11(14)7-16-12/h3-7,17H,8H2,1-2H3. The van der Waals surface area contributed by atoms with E-state index >= 15 is 0 Å². The second-order valence-electron chi connectivity index (χ2n) is 3.91. The number of pyridine rings is 2. The highest BCUT2D eigenvalue weighted by atomic mass is 79.9. The van der Waals surface area contributed by atoms with E-state index in [1.807, 2.05) is 31.3 Å². The fourth-order valence-corrected chi connectivity index (χ4v) is 1.89. The summed E-state index contributed by atoms with van der Waals surface area (Å²) >= 11 is 3.37. The molecule has 2 aromatic rings. The van der Waals surface area contributed by atoms with Crippen LogP contribution in [0.4, 0.5) is 5.69 Å². The van der Waals surface area contributed by atoms with Crippen LogP contribution >= 0.6 is 15.9 Å². The Labute approximate surface area is 109 Å². The summed E-state index contributed by atoms with van der Waals surface area (Å²) in [5.74, 6) is 0. The minimum Gasteiger partial charge on any atom is -0.378 e. The third-order valence-electron chi connectivity index (χ3n) is 2.58. The van der Waals surface area contributed by atoms with Crippen molar-refractivity contribution >= 4 is 21.6 Å². The van der Waals surface area contributed by atoms with Crippen molar-refractivity contribution in [2.75, 3.05) is 5.32 Å². The number of anilines is 1. The normalized spacial score (nSPS) is 10.3. The van der Waals surface area contributed by atoms with Crippen molar-refractivity contribution in [3.05, 3.63) is 52.0 Å². The van der Waals surface area contributed by atoms with Gasteiger partial charge in [-0.1, -0.05) is 0 Å². The molecular weight excluding hydrogens is 278 g/mol. The van der Waals surface area contributed by atoms with E-state index in [0.717, 1.165) is 21.5 Å². The van der Waals surface area contributed by atoms with Gasteiger partial charge in [-0.3, -0.25) is 9.97 Å². The van der Waals surface area contributed by atoms with Gasteiger partial charge in [-0.2, -0.15) is 0 Å². The van der Waals surface area contributed by atoms with E-state index in [1.54, 1.807) is 6.20 Å². The summed E-state index contributed by atoms with van der Waals surface area (Å²) in [5, 5.41) is 3.38. The maximum atomic E-state index is 4.32. The number of hydrogen-bond acceptors (Lipinski definition) is 3. The highest BCUT2D eigenvalue weighted by Crippen LogP contribution is 2.18. The molecule has 0 aliphatic heterocycles. The molecule has 0 unspecified atom stereocenters. The van der Waals surface area contributed by atoms with Crippen LogP contribution in [0.5, 0.6) is 0 Å². The van der Waals surface area contributed by atoms with Gasteiger partial charge in [0.2, 0.25) is 0 Å². The van der Waals surface area contributed by atoms with Gasteiger partial charge in [-0.15, -0.1) is 0 Å². The third kappa shape index (κ3) is 3.03. The number of aryl methyl sites for hydroxylation is 2. The zero-order chi connectivity index (χ0) is 12.3. The topological polar surface area (TPSA) is 37.8 Å². The summed E-state index contributed by atoms with van der Waals surface area (Å²) in [6.45, 7) is 4.79. The second-order valence-corrected chi connectivity index (χ2v) is 4.83. The van der Waals surface area contributed by atoms with Gasteiger partial charge in [-0.05, 0) is 53.5 Å². The smallest absolute Gasteiger partial charge is 0.0606 e. The lowest BCUT2D eigenvalue weighted by molar-refractivity contribution is 1.02. The minimum absolute atomic E-state index is 0.709. The number of hydrogen-bond donors (Lipinski definition) is 1. The monoisotopic (exact) mass is 291 g/mol. The van der Waals surface area contributed by atoms with Gasteiger partial charge in [0.15, 0.2) is 0 Å². The van der Waals surface area contributed by atoms with Crippen molar-refractivity contribution in [2.24, 2.45) is 0 Å². The lowest BCUT2D eigenvalue weighted by Crippen LogP contribution is -2.05. The molecule has 4 heteroatoms. The van der Waals surface area contributed by atoms with E-state index in [0.29, 0.717) is 6.54 Å². The van der Waals surface area contributed by atoms with E-state index in [4.69, 9.17) is 0 Å².